The summed E-state index contributed by atoms with van der Waals surface area (Å²) < 4.78 is 5.40. The van der Waals surface area contributed by atoms with Crippen LogP contribution in [0, 0.1) is 5.92 Å². The molecule has 0 unspecified atom stereocenters. The van der Waals surface area contributed by atoms with Gasteiger partial charge in [-0.25, -0.2) is 4.79 Å². The monoisotopic (exact) mass is 440 g/mol. The molecule has 1 aliphatic rings. The van der Waals surface area contributed by atoms with E-state index in [1.165, 1.54) is 0 Å². The Kier molecular flexibility index (Phi) is 9.88. The first-order valence-corrected chi connectivity index (χ1v) is 8.29. The fourth-order valence-corrected chi connectivity index (χ4v) is 2.49. The second-order valence-corrected chi connectivity index (χ2v) is 6.78. The first-order valence-electron chi connectivity index (χ1n) is 8.29. The topological polar surface area (TPSA) is 71.2 Å². The second kappa shape index (κ2) is 10.2. The number of ether oxygens (including phenoxy) is 1. The minimum atomic E-state index is -0.434. The van der Waals surface area contributed by atoms with Gasteiger partial charge in [-0.3, -0.25) is 4.99 Å². The lowest BCUT2D eigenvalue weighted by Crippen LogP contribution is -2.42. The van der Waals surface area contributed by atoms with Crippen LogP contribution in [0.15, 0.2) is 4.99 Å². The lowest BCUT2D eigenvalue weighted by Gasteiger charge is -2.33. The first-order chi connectivity index (χ1) is 10.3. The molecule has 1 rings (SSSR count). The summed E-state index contributed by atoms with van der Waals surface area (Å²) >= 11 is 0. The highest BCUT2D eigenvalue weighted by atomic mass is 127. The summed E-state index contributed by atoms with van der Waals surface area (Å²) in [7, 11) is 0. The third-order valence-corrected chi connectivity index (χ3v) is 3.87. The summed E-state index contributed by atoms with van der Waals surface area (Å²) in [6.45, 7) is 13.8. The van der Waals surface area contributed by atoms with Crippen molar-refractivity contribution < 1.29 is 9.53 Å². The molecule has 1 amide bonds. The molecule has 0 bridgehead atoms. The van der Waals surface area contributed by atoms with Crippen molar-refractivity contribution in [3.8, 4) is 0 Å². The predicted octanol–water partition coefficient (Wildman–Crippen LogP) is 2.91. The number of likely N-dealkylation sites (tertiary alicyclic amines) is 1. The molecule has 0 spiro atoms. The van der Waals surface area contributed by atoms with Crippen LogP contribution < -0.4 is 5.73 Å². The van der Waals surface area contributed by atoms with E-state index in [1.807, 2.05) is 20.8 Å². The number of nitrogens with two attached hydrogens (primary N) is 1. The molecule has 1 fully saturated rings. The van der Waals surface area contributed by atoms with Crippen molar-refractivity contribution in [3.63, 3.8) is 0 Å². The van der Waals surface area contributed by atoms with E-state index in [4.69, 9.17) is 10.5 Å². The molecule has 1 aliphatic heterocycles. The lowest BCUT2D eigenvalue weighted by atomic mass is 9.97. The summed E-state index contributed by atoms with van der Waals surface area (Å²) in [6.07, 6.45) is 1.69. The molecule has 6 nitrogen and oxygen atoms in total. The molecule has 0 aromatic heterocycles. The summed E-state index contributed by atoms with van der Waals surface area (Å²) in [6, 6.07) is 0. The van der Waals surface area contributed by atoms with Crippen LogP contribution in [-0.2, 0) is 4.74 Å². The van der Waals surface area contributed by atoms with Gasteiger partial charge >= 0.3 is 6.09 Å². The number of rotatable bonds is 4. The Hall–Kier alpha value is -0.730. The molecule has 136 valence electrons. The zero-order valence-corrected chi connectivity index (χ0v) is 17.5. The van der Waals surface area contributed by atoms with Gasteiger partial charge in [0.2, 0.25) is 0 Å². The fourth-order valence-electron chi connectivity index (χ4n) is 2.49. The van der Waals surface area contributed by atoms with E-state index in [0.717, 1.165) is 45.6 Å². The number of hydrogen-bond donors (Lipinski definition) is 1. The molecule has 1 heterocycles. The number of piperidine rings is 1. The molecule has 1 saturated heterocycles. The fraction of sp³-hybridized carbons (Fsp3) is 0.875. The Bertz CT molecular complexity index is 384. The van der Waals surface area contributed by atoms with Gasteiger partial charge in [-0.1, -0.05) is 0 Å². The van der Waals surface area contributed by atoms with Gasteiger partial charge in [0.25, 0.3) is 0 Å². The lowest BCUT2D eigenvalue weighted by molar-refractivity contribution is 0.0187. The standard InChI is InChI=1S/C16H32N4O2.HI/c1-6-19(7-2)14(17)18-12-13-8-10-20(11-9-13)15(21)22-16(3,4)5;/h13H,6-12H2,1-5H3,(H2,17,18);1H. The van der Waals surface area contributed by atoms with Gasteiger partial charge in [-0.15, -0.1) is 24.0 Å². The summed E-state index contributed by atoms with van der Waals surface area (Å²) in [5.41, 5.74) is 5.56. The van der Waals surface area contributed by atoms with Crippen molar-refractivity contribution in [1.29, 1.82) is 0 Å². The van der Waals surface area contributed by atoms with E-state index in [9.17, 15) is 4.79 Å². The van der Waals surface area contributed by atoms with E-state index in [1.54, 1.807) is 4.90 Å². The number of amides is 1. The zero-order valence-electron chi connectivity index (χ0n) is 15.2. The molecule has 7 heteroatoms. The van der Waals surface area contributed by atoms with Gasteiger partial charge in [0, 0.05) is 32.7 Å². The molecule has 0 atom stereocenters. The van der Waals surface area contributed by atoms with Crippen LogP contribution >= 0.6 is 24.0 Å². The maximum absolute atomic E-state index is 12.0. The van der Waals surface area contributed by atoms with Crippen molar-refractivity contribution >= 4 is 36.0 Å². The van der Waals surface area contributed by atoms with Crippen LogP contribution in [0.5, 0.6) is 0 Å². The Morgan fingerprint density at radius 1 is 1.26 bits per heavy atom. The average molecular weight is 440 g/mol. The molecule has 0 radical (unpaired) electrons. The predicted molar refractivity (Wildman–Crippen MR) is 105 cm³/mol. The number of nitrogens with zero attached hydrogens (tertiary/aromatic N) is 3. The maximum Gasteiger partial charge on any atom is 0.410 e. The third kappa shape index (κ3) is 8.08. The Morgan fingerprint density at radius 2 is 1.78 bits per heavy atom. The highest BCUT2D eigenvalue weighted by Gasteiger charge is 2.26. The molecule has 0 aliphatic carbocycles. The zero-order chi connectivity index (χ0) is 16.8. The third-order valence-electron chi connectivity index (χ3n) is 3.87. The second-order valence-electron chi connectivity index (χ2n) is 6.78. The van der Waals surface area contributed by atoms with Crippen LogP contribution in [-0.4, -0.2) is 60.2 Å². The summed E-state index contributed by atoms with van der Waals surface area (Å²) in [4.78, 5) is 20.4. The van der Waals surface area contributed by atoms with Gasteiger partial charge < -0.3 is 20.3 Å². The molecule has 2 N–H and O–H groups in total. The normalized spacial score (nSPS) is 16.7. The van der Waals surface area contributed by atoms with Crippen LogP contribution in [0.3, 0.4) is 0 Å². The summed E-state index contributed by atoms with van der Waals surface area (Å²) in [5, 5.41) is 0. The van der Waals surface area contributed by atoms with Crippen LogP contribution in [0.2, 0.25) is 0 Å². The average Bonchev–Trinajstić information content (AvgIpc) is 2.45. The number of halogens is 1. The van der Waals surface area contributed by atoms with E-state index in [0.29, 0.717) is 11.9 Å². The van der Waals surface area contributed by atoms with Crippen molar-refractivity contribution in [3.05, 3.63) is 0 Å². The van der Waals surface area contributed by atoms with Crippen molar-refractivity contribution in [2.45, 2.75) is 53.1 Å². The minimum Gasteiger partial charge on any atom is -0.444 e. The maximum atomic E-state index is 12.0. The largest absolute Gasteiger partial charge is 0.444 e. The van der Waals surface area contributed by atoms with Crippen LogP contribution in [0.1, 0.15) is 47.5 Å². The van der Waals surface area contributed by atoms with Crippen molar-refractivity contribution in [1.82, 2.24) is 9.80 Å². The van der Waals surface area contributed by atoms with Gasteiger partial charge in [0.1, 0.15) is 5.60 Å². The van der Waals surface area contributed by atoms with E-state index in [2.05, 4.69) is 23.7 Å². The molecule has 0 aromatic rings. The van der Waals surface area contributed by atoms with Crippen molar-refractivity contribution in [2.75, 3.05) is 32.7 Å². The highest BCUT2D eigenvalue weighted by molar-refractivity contribution is 14.0. The molecular weight excluding hydrogens is 407 g/mol. The summed E-state index contributed by atoms with van der Waals surface area (Å²) in [5.74, 6) is 1.12. The molecule has 23 heavy (non-hydrogen) atoms. The van der Waals surface area contributed by atoms with Crippen LogP contribution in [0.4, 0.5) is 4.79 Å². The quantitative estimate of drug-likeness (QED) is 0.415. The SMILES string of the molecule is CCN(CC)C(N)=NCC1CCN(C(=O)OC(C)(C)C)CC1.I. The molecule has 0 aromatic carbocycles. The molecule has 0 saturated carbocycles. The minimum absolute atomic E-state index is 0. The van der Waals surface area contributed by atoms with Gasteiger partial charge in [0.05, 0.1) is 0 Å². The Morgan fingerprint density at radius 3 is 2.22 bits per heavy atom. The number of hydrogen-bond acceptors (Lipinski definition) is 3. The van der Waals surface area contributed by atoms with E-state index in [-0.39, 0.29) is 30.1 Å². The van der Waals surface area contributed by atoms with Crippen LogP contribution in [0.25, 0.3) is 0 Å². The Balaban J connectivity index is 0.00000484. The number of guanidine groups is 1. The number of carbonyl (C=O) groups excluding carboxylic acids is 1. The number of carbonyl (C=O) groups is 1. The van der Waals surface area contributed by atoms with Gasteiger partial charge in [0.15, 0.2) is 5.96 Å². The Labute approximate surface area is 157 Å². The molecular formula is C16H33IN4O2. The highest BCUT2D eigenvalue weighted by Crippen LogP contribution is 2.20. The first kappa shape index (κ1) is 22.3. The van der Waals surface area contributed by atoms with Gasteiger partial charge in [-0.2, -0.15) is 0 Å². The van der Waals surface area contributed by atoms with Crippen molar-refractivity contribution in [2.24, 2.45) is 16.6 Å². The smallest absolute Gasteiger partial charge is 0.410 e. The van der Waals surface area contributed by atoms with E-state index >= 15 is 0 Å². The number of aliphatic imine (C=N–C) groups is 1. The van der Waals surface area contributed by atoms with Gasteiger partial charge in [-0.05, 0) is 53.4 Å². The van der Waals surface area contributed by atoms with E-state index < -0.39 is 5.60 Å².